The van der Waals surface area contributed by atoms with E-state index in [0.717, 1.165) is 0 Å². The Hall–Kier alpha value is -1.34. The predicted molar refractivity (Wildman–Crippen MR) is 55.6 cm³/mol. The molecule has 0 aromatic heterocycles. The largest absolute Gasteiger partial charge is 0.392 e. The summed E-state index contributed by atoms with van der Waals surface area (Å²) in [5.41, 5.74) is 1.20. The normalized spacial score (nSPS) is 13.0. The lowest BCUT2D eigenvalue weighted by Gasteiger charge is -2.06. The fourth-order valence-corrected chi connectivity index (χ4v) is 1.21. The van der Waals surface area contributed by atoms with Gasteiger partial charge in [0.15, 0.2) is 0 Å². The SMILES string of the molecule is C=CC(C=CCO)c1ccccc1. The molecule has 1 N–H and O–H groups in total. The van der Waals surface area contributed by atoms with Gasteiger partial charge in [0, 0.05) is 5.92 Å². The third kappa shape index (κ3) is 2.88. The highest BCUT2D eigenvalue weighted by Gasteiger charge is 2.00. The number of aliphatic hydroxyl groups is 1. The van der Waals surface area contributed by atoms with Gasteiger partial charge in [-0.3, -0.25) is 0 Å². The summed E-state index contributed by atoms with van der Waals surface area (Å²) in [6.45, 7) is 3.84. The van der Waals surface area contributed by atoms with Crippen LogP contribution >= 0.6 is 0 Å². The molecule has 68 valence electrons. The van der Waals surface area contributed by atoms with Crippen LogP contribution in [0.25, 0.3) is 0 Å². The van der Waals surface area contributed by atoms with Crippen molar-refractivity contribution < 1.29 is 5.11 Å². The second-order valence-corrected chi connectivity index (χ2v) is 2.78. The molecule has 0 radical (unpaired) electrons. The monoisotopic (exact) mass is 174 g/mol. The van der Waals surface area contributed by atoms with Gasteiger partial charge < -0.3 is 5.11 Å². The van der Waals surface area contributed by atoms with Gasteiger partial charge in [0.1, 0.15) is 0 Å². The van der Waals surface area contributed by atoms with E-state index >= 15 is 0 Å². The summed E-state index contributed by atoms with van der Waals surface area (Å²) in [5.74, 6) is 0.202. The van der Waals surface area contributed by atoms with E-state index < -0.39 is 0 Å². The number of benzene rings is 1. The molecule has 0 aliphatic heterocycles. The minimum Gasteiger partial charge on any atom is -0.392 e. The first-order valence-electron chi connectivity index (χ1n) is 4.33. The van der Waals surface area contributed by atoms with Gasteiger partial charge in [0.2, 0.25) is 0 Å². The average molecular weight is 174 g/mol. The van der Waals surface area contributed by atoms with Gasteiger partial charge >= 0.3 is 0 Å². The lowest BCUT2D eigenvalue weighted by molar-refractivity contribution is 0.342. The molecule has 0 aliphatic carbocycles. The van der Waals surface area contributed by atoms with Crippen LogP contribution in [-0.4, -0.2) is 11.7 Å². The maximum absolute atomic E-state index is 8.64. The zero-order chi connectivity index (χ0) is 9.52. The molecular formula is C12H14O. The van der Waals surface area contributed by atoms with Crippen LogP contribution in [0.15, 0.2) is 55.1 Å². The second kappa shape index (κ2) is 5.33. The Balaban J connectivity index is 2.78. The van der Waals surface area contributed by atoms with Crippen LogP contribution < -0.4 is 0 Å². The molecule has 0 saturated carbocycles. The molecule has 0 spiro atoms. The summed E-state index contributed by atoms with van der Waals surface area (Å²) in [5, 5.41) is 8.64. The van der Waals surface area contributed by atoms with Gasteiger partial charge in [-0.15, -0.1) is 6.58 Å². The molecule has 0 amide bonds. The second-order valence-electron chi connectivity index (χ2n) is 2.78. The van der Waals surface area contributed by atoms with E-state index in [1.807, 2.05) is 42.5 Å². The van der Waals surface area contributed by atoms with Crippen molar-refractivity contribution >= 4 is 0 Å². The number of aliphatic hydroxyl groups excluding tert-OH is 1. The van der Waals surface area contributed by atoms with Crippen LogP contribution in [0.1, 0.15) is 11.5 Å². The highest BCUT2D eigenvalue weighted by molar-refractivity contribution is 5.27. The maximum Gasteiger partial charge on any atom is 0.0612 e. The van der Waals surface area contributed by atoms with Crippen molar-refractivity contribution in [3.63, 3.8) is 0 Å². The molecule has 0 bridgehead atoms. The summed E-state index contributed by atoms with van der Waals surface area (Å²) in [4.78, 5) is 0. The van der Waals surface area contributed by atoms with Gasteiger partial charge in [-0.25, -0.2) is 0 Å². The van der Waals surface area contributed by atoms with Crippen molar-refractivity contribution in [2.75, 3.05) is 6.61 Å². The lowest BCUT2D eigenvalue weighted by atomic mass is 9.99. The standard InChI is InChI=1S/C12H14O/c1-2-11(9-6-10-13)12-7-4-3-5-8-12/h2-9,11,13H,1,10H2. The Kier molecular flexibility index (Phi) is 4.00. The minimum absolute atomic E-state index is 0.0805. The fourth-order valence-electron chi connectivity index (χ4n) is 1.21. The zero-order valence-electron chi connectivity index (χ0n) is 7.56. The van der Waals surface area contributed by atoms with E-state index in [1.54, 1.807) is 6.08 Å². The Morgan fingerprint density at radius 1 is 1.31 bits per heavy atom. The third-order valence-electron chi connectivity index (χ3n) is 1.89. The molecule has 0 fully saturated rings. The van der Waals surface area contributed by atoms with Crippen molar-refractivity contribution in [1.29, 1.82) is 0 Å². The number of rotatable bonds is 4. The lowest BCUT2D eigenvalue weighted by Crippen LogP contribution is -1.90. The van der Waals surface area contributed by atoms with Gasteiger partial charge in [-0.05, 0) is 5.56 Å². The van der Waals surface area contributed by atoms with Gasteiger partial charge in [0.25, 0.3) is 0 Å². The minimum atomic E-state index is 0.0805. The van der Waals surface area contributed by atoms with Crippen molar-refractivity contribution in [3.8, 4) is 0 Å². The van der Waals surface area contributed by atoms with E-state index in [0.29, 0.717) is 0 Å². The molecule has 1 rings (SSSR count). The number of hydrogen-bond acceptors (Lipinski definition) is 1. The van der Waals surface area contributed by atoms with Crippen LogP contribution in [0.5, 0.6) is 0 Å². The van der Waals surface area contributed by atoms with E-state index in [9.17, 15) is 0 Å². The fraction of sp³-hybridized carbons (Fsp3) is 0.167. The molecule has 1 atom stereocenters. The van der Waals surface area contributed by atoms with E-state index in [-0.39, 0.29) is 12.5 Å². The van der Waals surface area contributed by atoms with Crippen LogP contribution in [0, 0.1) is 0 Å². The molecule has 13 heavy (non-hydrogen) atoms. The summed E-state index contributed by atoms with van der Waals surface area (Å²) in [6.07, 6.45) is 5.54. The molecule has 0 saturated heterocycles. The third-order valence-corrected chi connectivity index (χ3v) is 1.89. The van der Waals surface area contributed by atoms with Crippen LogP contribution in [0.4, 0.5) is 0 Å². The van der Waals surface area contributed by atoms with Crippen LogP contribution in [-0.2, 0) is 0 Å². The molecular weight excluding hydrogens is 160 g/mol. The molecule has 1 nitrogen and oxygen atoms in total. The van der Waals surface area contributed by atoms with E-state index in [2.05, 4.69) is 6.58 Å². The Morgan fingerprint density at radius 2 is 2.00 bits per heavy atom. The first-order valence-corrected chi connectivity index (χ1v) is 4.33. The summed E-state index contributed by atoms with van der Waals surface area (Å²) in [6, 6.07) is 10.1. The smallest absolute Gasteiger partial charge is 0.0612 e. The average Bonchev–Trinajstić information content (AvgIpc) is 2.21. The van der Waals surface area contributed by atoms with Gasteiger partial charge in [0.05, 0.1) is 6.61 Å². The van der Waals surface area contributed by atoms with Gasteiger partial charge in [-0.2, -0.15) is 0 Å². The Labute approximate surface area is 79.0 Å². The summed E-state index contributed by atoms with van der Waals surface area (Å²) in [7, 11) is 0. The summed E-state index contributed by atoms with van der Waals surface area (Å²) < 4.78 is 0. The topological polar surface area (TPSA) is 20.2 Å². The van der Waals surface area contributed by atoms with E-state index in [4.69, 9.17) is 5.11 Å². The zero-order valence-corrected chi connectivity index (χ0v) is 7.56. The van der Waals surface area contributed by atoms with Crippen molar-refractivity contribution in [2.45, 2.75) is 5.92 Å². The van der Waals surface area contributed by atoms with E-state index in [1.165, 1.54) is 5.56 Å². The number of allylic oxidation sites excluding steroid dienone is 2. The van der Waals surface area contributed by atoms with Crippen molar-refractivity contribution in [2.24, 2.45) is 0 Å². The first-order chi connectivity index (χ1) is 6.38. The van der Waals surface area contributed by atoms with Crippen LogP contribution in [0.3, 0.4) is 0 Å². The molecule has 1 unspecified atom stereocenters. The van der Waals surface area contributed by atoms with Crippen LogP contribution in [0.2, 0.25) is 0 Å². The molecule has 1 heteroatoms. The quantitative estimate of drug-likeness (QED) is 0.695. The Morgan fingerprint density at radius 3 is 2.54 bits per heavy atom. The highest BCUT2D eigenvalue weighted by atomic mass is 16.2. The highest BCUT2D eigenvalue weighted by Crippen LogP contribution is 2.17. The number of hydrogen-bond donors (Lipinski definition) is 1. The predicted octanol–water partition coefficient (Wildman–Crippen LogP) is 2.50. The maximum atomic E-state index is 8.64. The van der Waals surface area contributed by atoms with Crippen molar-refractivity contribution in [3.05, 3.63) is 60.7 Å². The Bertz CT molecular complexity index is 274. The molecule has 0 aliphatic rings. The molecule has 1 aromatic carbocycles. The summed E-state index contributed by atoms with van der Waals surface area (Å²) >= 11 is 0. The molecule has 1 aromatic rings. The van der Waals surface area contributed by atoms with Gasteiger partial charge in [-0.1, -0.05) is 48.6 Å². The van der Waals surface area contributed by atoms with Crippen molar-refractivity contribution in [1.82, 2.24) is 0 Å². The molecule has 0 heterocycles. The first kappa shape index (κ1) is 9.75.